The van der Waals surface area contributed by atoms with Crippen molar-refractivity contribution < 1.29 is 4.42 Å². The van der Waals surface area contributed by atoms with Crippen LogP contribution in [0.3, 0.4) is 0 Å². The smallest absolute Gasteiger partial charge is 0.192 e. The average molecular weight is 222 g/mol. The number of rotatable bonds is 3. The van der Waals surface area contributed by atoms with Crippen LogP contribution in [0.4, 0.5) is 0 Å². The summed E-state index contributed by atoms with van der Waals surface area (Å²) >= 11 is 1.75. The fourth-order valence-corrected chi connectivity index (χ4v) is 2.12. The minimum Gasteiger partial charge on any atom is -0.441 e. The van der Waals surface area contributed by atoms with E-state index < -0.39 is 0 Å². The summed E-state index contributed by atoms with van der Waals surface area (Å²) in [7, 11) is 0. The fourth-order valence-electron chi connectivity index (χ4n) is 1.57. The first-order valence-corrected chi connectivity index (χ1v) is 6.21. The largest absolute Gasteiger partial charge is 0.441 e. The maximum Gasteiger partial charge on any atom is 0.192 e. The second-order valence-electron chi connectivity index (χ2n) is 3.52. The second kappa shape index (κ2) is 4.24. The van der Waals surface area contributed by atoms with Crippen molar-refractivity contribution in [3.63, 3.8) is 0 Å². The van der Waals surface area contributed by atoms with Crippen LogP contribution >= 0.6 is 11.8 Å². The zero-order valence-corrected chi connectivity index (χ0v) is 9.67. The van der Waals surface area contributed by atoms with Crippen molar-refractivity contribution in [1.29, 1.82) is 0 Å². The summed E-state index contributed by atoms with van der Waals surface area (Å²) in [5.74, 6) is 1.61. The average Bonchev–Trinajstić information content (AvgIpc) is 2.57. The van der Waals surface area contributed by atoms with E-state index in [9.17, 15) is 0 Å². The third-order valence-electron chi connectivity index (χ3n) is 2.29. The van der Waals surface area contributed by atoms with E-state index >= 15 is 0 Å². The molecule has 0 saturated carbocycles. The van der Waals surface area contributed by atoms with E-state index in [2.05, 4.69) is 11.2 Å². The van der Waals surface area contributed by atoms with E-state index in [1.54, 1.807) is 11.8 Å². The van der Waals surface area contributed by atoms with E-state index in [1.807, 2.05) is 25.1 Å². The zero-order chi connectivity index (χ0) is 10.8. The lowest BCUT2D eigenvalue weighted by atomic mass is 10.1. The highest BCUT2D eigenvalue weighted by Crippen LogP contribution is 2.21. The number of nitrogens with zero attached hydrogens (tertiary/aromatic N) is 1. The number of oxazole rings is 1. The lowest BCUT2D eigenvalue weighted by Crippen LogP contribution is -2.12. The molecule has 0 spiro atoms. The molecule has 1 aromatic heterocycles. The topological polar surface area (TPSA) is 52.0 Å². The molecule has 0 aliphatic carbocycles. The van der Waals surface area contributed by atoms with Gasteiger partial charge in [-0.25, -0.2) is 4.98 Å². The van der Waals surface area contributed by atoms with Crippen LogP contribution in [0.2, 0.25) is 0 Å². The Hall–Kier alpha value is -1.00. The molecule has 80 valence electrons. The first-order chi connectivity index (χ1) is 7.20. The number of nitrogens with two attached hydrogens (primary N) is 1. The second-order valence-corrected chi connectivity index (χ2v) is 4.43. The van der Waals surface area contributed by atoms with Gasteiger partial charge in [-0.05, 0) is 24.0 Å². The molecule has 15 heavy (non-hydrogen) atoms. The number of benzene rings is 1. The van der Waals surface area contributed by atoms with Gasteiger partial charge in [0, 0.05) is 18.7 Å². The molecule has 1 heterocycles. The summed E-state index contributed by atoms with van der Waals surface area (Å²) < 4.78 is 5.41. The van der Waals surface area contributed by atoms with E-state index in [4.69, 9.17) is 10.2 Å². The van der Waals surface area contributed by atoms with Crippen LogP contribution in [0, 0.1) is 6.92 Å². The highest BCUT2D eigenvalue weighted by molar-refractivity contribution is 7.98. The fraction of sp³-hybridized carbons (Fsp3) is 0.364. The van der Waals surface area contributed by atoms with Crippen molar-refractivity contribution in [2.24, 2.45) is 5.73 Å². The molecule has 0 saturated heterocycles. The van der Waals surface area contributed by atoms with Gasteiger partial charge in [0.2, 0.25) is 0 Å². The van der Waals surface area contributed by atoms with Crippen LogP contribution in [0.15, 0.2) is 22.6 Å². The Morgan fingerprint density at radius 2 is 2.33 bits per heavy atom. The van der Waals surface area contributed by atoms with Gasteiger partial charge in [-0.15, -0.1) is 0 Å². The Morgan fingerprint density at radius 3 is 3.07 bits per heavy atom. The van der Waals surface area contributed by atoms with Crippen LogP contribution in [-0.4, -0.2) is 17.0 Å². The Labute approximate surface area is 93.0 Å². The van der Waals surface area contributed by atoms with Crippen LogP contribution in [0.25, 0.3) is 11.1 Å². The van der Waals surface area contributed by atoms with Gasteiger partial charge in [-0.2, -0.15) is 11.8 Å². The monoisotopic (exact) mass is 222 g/mol. The van der Waals surface area contributed by atoms with Crippen molar-refractivity contribution >= 4 is 22.9 Å². The van der Waals surface area contributed by atoms with Crippen molar-refractivity contribution in [2.75, 3.05) is 12.0 Å². The van der Waals surface area contributed by atoms with Crippen LogP contribution < -0.4 is 5.73 Å². The molecular formula is C11H14N2OS. The molecule has 0 radical (unpaired) electrons. The molecule has 1 unspecified atom stereocenters. The van der Waals surface area contributed by atoms with Crippen LogP contribution in [0.1, 0.15) is 17.5 Å². The number of hydrogen-bond acceptors (Lipinski definition) is 4. The van der Waals surface area contributed by atoms with Crippen LogP contribution in [0.5, 0.6) is 0 Å². The third kappa shape index (κ3) is 2.16. The molecule has 4 heteroatoms. The van der Waals surface area contributed by atoms with E-state index in [-0.39, 0.29) is 6.04 Å². The predicted octanol–water partition coefficient (Wildman–Crippen LogP) is 2.50. The molecule has 0 bridgehead atoms. The van der Waals surface area contributed by atoms with E-state index in [1.165, 1.54) is 0 Å². The van der Waals surface area contributed by atoms with Gasteiger partial charge < -0.3 is 10.2 Å². The Morgan fingerprint density at radius 1 is 1.53 bits per heavy atom. The quantitative estimate of drug-likeness (QED) is 0.867. The van der Waals surface area contributed by atoms with Gasteiger partial charge in [-0.3, -0.25) is 0 Å². The molecule has 2 N–H and O–H groups in total. The molecular weight excluding hydrogens is 208 g/mol. The number of thioether (sulfide) groups is 1. The molecule has 0 fully saturated rings. The van der Waals surface area contributed by atoms with E-state index in [0.717, 1.165) is 22.4 Å². The lowest BCUT2D eigenvalue weighted by Gasteiger charge is -2.09. The first-order valence-electron chi connectivity index (χ1n) is 4.82. The van der Waals surface area contributed by atoms with Crippen molar-refractivity contribution in [3.05, 3.63) is 29.7 Å². The maximum atomic E-state index is 6.02. The summed E-state index contributed by atoms with van der Waals surface area (Å²) in [6, 6.07) is 6.02. The molecule has 1 atom stereocenters. The summed E-state index contributed by atoms with van der Waals surface area (Å²) in [5.41, 5.74) is 8.86. The summed E-state index contributed by atoms with van der Waals surface area (Å²) in [6.07, 6.45) is 2.05. The molecule has 0 aliphatic rings. The molecule has 3 nitrogen and oxygen atoms in total. The van der Waals surface area contributed by atoms with Gasteiger partial charge >= 0.3 is 0 Å². The van der Waals surface area contributed by atoms with Crippen molar-refractivity contribution in [3.8, 4) is 0 Å². The molecule has 2 rings (SSSR count). The van der Waals surface area contributed by atoms with E-state index in [0.29, 0.717) is 5.89 Å². The molecule has 0 aliphatic heterocycles. The number of hydrogen-bond donors (Lipinski definition) is 1. The molecule has 2 aromatic rings. The maximum absolute atomic E-state index is 6.02. The lowest BCUT2D eigenvalue weighted by molar-refractivity contribution is 0.561. The van der Waals surface area contributed by atoms with Gasteiger partial charge in [0.1, 0.15) is 5.52 Å². The molecule has 0 amide bonds. The standard InChI is InChI=1S/C11H14N2OS/c1-7-13-10-5-8(9(12)6-15-2)3-4-11(10)14-7/h3-5,9H,6,12H2,1-2H3. The minimum absolute atomic E-state index is 0.0707. The van der Waals surface area contributed by atoms with Gasteiger partial charge in [-0.1, -0.05) is 6.07 Å². The normalized spacial score (nSPS) is 13.3. The Kier molecular flexibility index (Phi) is 2.98. The highest BCUT2D eigenvalue weighted by Gasteiger charge is 2.08. The molecule has 1 aromatic carbocycles. The number of fused-ring (bicyclic) bond motifs is 1. The summed E-state index contributed by atoms with van der Waals surface area (Å²) in [5, 5.41) is 0. The Balaban J connectivity index is 2.37. The highest BCUT2D eigenvalue weighted by atomic mass is 32.2. The van der Waals surface area contributed by atoms with Gasteiger partial charge in [0.05, 0.1) is 0 Å². The van der Waals surface area contributed by atoms with Gasteiger partial charge in [0.15, 0.2) is 11.5 Å². The predicted molar refractivity (Wildman–Crippen MR) is 64.1 cm³/mol. The first kappa shape index (κ1) is 10.5. The SMILES string of the molecule is CSCC(N)c1ccc2oc(C)nc2c1. The summed E-state index contributed by atoms with van der Waals surface area (Å²) in [4.78, 5) is 4.29. The zero-order valence-electron chi connectivity index (χ0n) is 8.86. The number of aryl methyl sites for hydroxylation is 1. The van der Waals surface area contributed by atoms with Crippen molar-refractivity contribution in [1.82, 2.24) is 4.98 Å². The van der Waals surface area contributed by atoms with Crippen molar-refractivity contribution in [2.45, 2.75) is 13.0 Å². The Bertz CT molecular complexity index is 467. The number of aromatic nitrogens is 1. The summed E-state index contributed by atoms with van der Waals surface area (Å²) in [6.45, 7) is 1.85. The minimum atomic E-state index is 0.0707. The van der Waals surface area contributed by atoms with Crippen LogP contribution in [-0.2, 0) is 0 Å². The van der Waals surface area contributed by atoms with Gasteiger partial charge in [0.25, 0.3) is 0 Å². The third-order valence-corrected chi connectivity index (χ3v) is 2.99.